The summed E-state index contributed by atoms with van der Waals surface area (Å²) in [4.78, 5) is 27.1. The number of amides is 1. The fraction of sp³-hybridized carbons (Fsp3) is 0.333. The van der Waals surface area contributed by atoms with Gasteiger partial charge in [-0.15, -0.1) is 0 Å². The van der Waals surface area contributed by atoms with Gasteiger partial charge >= 0.3 is 19.2 Å². The van der Waals surface area contributed by atoms with Crippen LogP contribution in [-0.4, -0.2) is 51.1 Å². The number of benzene rings is 3. The van der Waals surface area contributed by atoms with Crippen LogP contribution in [0.3, 0.4) is 0 Å². The standard InChI is InChI=1S/C30H32BNO6/c1-29(2)30(3,4)38-31(37-29)20-15-19(27(33)35-6)16-21(17-20)32(5)28(34)36-18-26-24-13-9-7-11-22(24)23-12-8-10-14-25(23)26/h7-17,26H,18H2,1-6H3. The fourth-order valence-electron chi connectivity index (χ4n) is 4.98. The molecule has 3 aromatic carbocycles. The minimum absolute atomic E-state index is 0.0542. The number of ether oxygens (including phenoxy) is 2. The highest BCUT2D eigenvalue weighted by atomic mass is 16.7. The Balaban J connectivity index is 1.39. The molecule has 0 bridgehead atoms. The van der Waals surface area contributed by atoms with E-state index in [4.69, 9.17) is 18.8 Å². The summed E-state index contributed by atoms with van der Waals surface area (Å²) in [5.41, 5.74) is 4.85. The van der Waals surface area contributed by atoms with E-state index in [1.165, 1.54) is 12.0 Å². The zero-order valence-corrected chi connectivity index (χ0v) is 22.6. The Morgan fingerprint density at radius 3 is 2.00 bits per heavy atom. The monoisotopic (exact) mass is 513 g/mol. The first kappa shape index (κ1) is 26.0. The maximum absolute atomic E-state index is 13.2. The molecule has 0 saturated carbocycles. The molecule has 0 radical (unpaired) electrons. The number of anilines is 1. The predicted molar refractivity (Wildman–Crippen MR) is 147 cm³/mol. The molecule has 0 spiro atoms. The molecule has 1 heterocycles. The van der Waals surface area contributed by atoms with Crippen molar-refractivity contribution in [2.24, 2.45) is 0 Å². The maximum atomic E-state index is 13.2. The molecule has 1 aliphatic carbocycles. The molecule has 0 atom stereocenters. The number of rotatable bonds is 5. The molecule has 0 unspecified atom stereocenters. The largest absolute Gasteiger partial charge is 0.494 e. The molecule has 1 fully saturated rings. The summed E-state index contributed by atoms with van der Waals surface area (Å²) in [6.07, 6.45) is -0.534. The van der Waals surface area contributed by atoms with Gasteiger partial charge in [0.05, 0.1) is 23.9 Å². The highest BCUT2D eigenvalue weighted by molar-refractivity contribution is 6.62. The quantitative estimate of drug-likeness (QED) is 0.347. The lowest BCUT2D eigenvalue weighted by atomic mass is 9.78. The Bertz CT molecular complexity index is 1340. The Kier molecular flexibility index (Phi) is 6.57. The summed E-state index contributed by atoms with van der Waals surface area (Å²) in [6, 6.07) is 21.4. The van der Waals surface area contributed by atoms with Gasteiger partial charge in [-0.1, -0.05) is 48.5 Å². The van der Waals surface area contributed by atoms with Crippen molar-refractivity contribution in [3.63, 3.8) is 0 Å². The molecule has 3 aromatic rings. The van der Waals surface area contributed by atoms with Crippen molar-refractivity contribution in [1.82, 2.24) is 0 Å². The van der Waals surface area contributed by atoms with Gasteiger partial charge in [0.15, 0.2) is 0 Å². The highest BCUT2D eigenvalue weighted by Gasteiger charge is 2.52. The molecule has 1 saturated heterocycles. The molecule has 5 rings (SSSR count). The number of hydrogen-bond donors (Lipinski definition) is 0. The van der Waals surface area contributed by atoms with Gasteiger partial charge in [-0.25, -0.2) is 9.59 Å². The summed E-state index contributed by atoms with van der Waals surface area (Å²) in [7, 11) is 2.22. The number of hydrogen-bond acceptors (Lipinski definition) is 6. The van der Waals surface area contributed by atoms with Crippen molar-refractivity contribution >= 4 is 30.3 Å². The van der Waals surface area contributed by atoms with Gasteiger partial charge in [0.1, 0.15) is 6.61 Å². The van der Waals surface area contributed by atoms with Crippen LogP contribution in [0.4, 0.5) is 10.5 Å². The third-order valence-corrected chi connectivity index (χ3v) is 7.88. The van der Waals surface area contributed by atoms with E-state index in [0.717, 1.165) is 22.3 Å². The van der Waals surface area contributed by atoms with E-state index in [-0.39, 0.29) is 18.1 Å². The molecule has 0 aromatic heterocycles. The first-order valence-electron chi connectivity index (χ1n) is 12.7. The summed E-state index contributed by atoms with van der Waals surface area (Å²) in [5.74, 6) is -0.577. The fourth-order valence-corrected chi connectivity index (χ4v) is 4.98. The molecule has 38 heavy (non-hydrogen) atoms. The van der Waals surface area contributed by atoms with Crippen LogP contribution < -0.4 is 10.4 Å². The van der Waals surface area contributed by atoms with Gasteiger partial charge in [-0.2, -0.15) is 0 Å². The molecular weight excluding hydrogens is 481 g/mol. The Hall–Kier alpha value is -3.62. The molecule has 2 aliphatic rings. The van der Waals surface area contributed by atoms with Crippen LogP contribution >= 0.6 is 0 Å². The third-order valence-electron chi connectivity index (χ3n) is 7.88. The molecule has 0 N–H and O–H groups in total. The second-order valence-electron chi connectivity index (χ2n) is 10.8. The first-order valence-corrected chi connectivity index (χ1v) is 12.7. The molecule has 196 valence electrons. The lowest BCUT2D eigenvalue weighted by molar-refractivity contribution is 0.00578. The van der Waals surface area contributed by atoms with Gasteiger partial charge in [0.2, 0.25) is 0 Å². The number of methoxy groups -OCH3 is 1. The van der Waals surface area contributed by atoms with Crippen LogP contribution in [0.1, 0.15) is 55.1 Å². The van der Waals surface area contributed by atoms with Gasteiger partial charge in [0, 0.05) is 18.7 Å². The van der Waals surface area contributed by atoms with Crippen molar-refractivity contribution in [3.8, 4) is 11.1 Å². The van der Waals surface area contributed by atoms with E-state index < -0.39 is 30.4 Å². The summed E-state index contributed by atoms with van der Waals surface area (Å²) < 4.78 is 23.2. The smallest absolute Gasteiger partial charge is 0.465 e. The molecule has 1 amide bonds. The zero-order valence-electron chi connectivity index (χ0n) is 22.6. The third kappa shape index (κ3) is 4.48. The number of esters is 1. The van der Waals surface area contributed by atoms with Crippen molar-refractivity contribution in [2.75, 3.05) is 25.7 Å². The number of fused-ring (bicyclic) bond motifs is 3. The van der Waals surface area contributed by atoms with E-state index in [1.54, 1.807) is 25.2 Å². The summed E-state index contributed by atoms with van der Waals surface area (Å²) in [5, 5.41) is 0. The van der Waals surface area contributed by atoms with Gasteiger partial charge in [-0.3, -0.25) is 4.90 Å². The van der Waals surface area contributed by atoms with E-state index in [9.17, 15) is 9.59 Å². The van der Waals surface area contributed by atoms with Crippen molar-refractivity contribution < 1.29 is 28.4 Å². The maximum Gasteiger partial charge on any atom is 0.494 e. The van der Waals surface area contributed by atoms with Crippen LogP contribution in [0.15, 0.2) is 66.7 Å². The van der Waals surface area contributed by atoms with E-state index in [0.29, 0.717) is 11.2 Å². The van der Waals surface area contributed by atoms with Gasteiger partial charge in [-0.05, 0) is 73.6 Å². The highest BCUT2D eigenvalue weighted by Crippen LogP contribution is 2.44. The predicted octanol–water partition coefficient (Wildman–Crippen LogP) is 5.16. The van der Waals surface area contributed by atoms with E-state index in [1.807, 2.05) is 52.0 Å². The second kappa shape index (κ2) is 9.60. The summed E-state index contributed by atoms with van der Waals surface area (Å²) in [6.45, 7) is 8.03. The van der Waals surface area contributed by atoms with Crippen LogP contribution in [0, 0.1) is 0 Å². The van der Waals surface area contributed by atoms with Crippen LogP contribution in [-0.2, 0) is 18.8 Å². The van der Waals surface area contributed by atoms with Crippen molar-refractivity contribution in [3.05, 3.63) is 83.4 Å². The van der Waals surface area contributed by atoms with Crippen molar-refractivity contribution in [1.29, 1.82) is 0 Å². The Morgan fingerprint density at radius 2 is 1.45 bits per heavy atom. The minimum Gasteiger partial charge on any atom is -0.465 e. The van der Waals surface area contributed by atoms with Crippen LogP contribution in [0.25, 0.3) is 11.1 Å². The zero-order chi connectivity index (χ0) is 27.2. The molecule has 1 aliphatic heterocycles. The summed E-state index contributed by atoms with van der Waals surface area (Å²) >= 11 is 0. The number of carbonyl (C=O) groups excluding carboxylic acids is 2. The van der Waals surface area contributed by atoms with Crippen LogP contribution in [0.5, 0.6) is 0 Å². The molecule has 7 nitrogen and oxygen atoms in total. The SMILES string of the molecule is COC(=O)c1cc(B2OC(C)(C)C(C)(C)O2)cc(N(C)C(=O)OCC2c3ccccc3-c3ccccc32)c1. The Morgan fingerprint density at radius 1 is 0.895 bits per heavy atom. The lowest BCUT2D eigenvalue weighted by Crippen LogP contribution is -2.41. The second-order valence-corrected chi connectivity index (χ2v) is 10.8. The minimum atomic E-state index is -0.709. The van der Waals surface area contributed by atoms with Gasteiger partial charge < -0.3 is 18.8 Å². The van der Waals surface area contributed by atoms with Gasteiger partial charge in [0.25, 0.3) is 0 Å². The average molecular weight is 513 g/mol. The Labute approximate surface area is 223 Å². The average Bonchev–Trinajstić information content (AvgIpc) is 3.35. The van der Waals surface area contributed by atoms with E-state index >= 15 is 0 Å². The van der Waals surface area contributed by atoms with Crippen LogP contribution in [0.2, 0.25) is 0 Å². The molecule has 8 heteroatoms. The molecular formula is C30H32BNO6. The van der Waals surface area contributed by atoms with Crippen molar-refractivity contribution in [2.45, 2.75) is 44.8 Å². The van der Waals surface area contributed by atoms with E-state index in [2.05, 4.69) is 24.3 Å². The lowest BCUT2D eigenvalue weighted by Gasteiger charge is -2.32. The topological polar surface area (TPSA) is 74.3 Å². The number of carbonyl (C=O) groups is 2. The first-order chi connectivity index (χ1) is 18.0. The number of nitrogens with zero attached hydrogens (tertiary/aromatic N) is 1. The normalized spacial score (nSPS) is 17.1.